The highest BCUT2D eigenvalue weighted by Gasteiger charge is 2.17. The van der Waals surface area contributed by atoms with E-state index in [1.165, 1.54) is 11.1 Å². The van der Waals surface area contributed by atoms with Crippen LogP contribution >= 0.6 is 0 Å². The van der Waals surface area contributed by atoms with Crippen LogP contribution in [0, 0.1) is 0 Å². The number of hydrogen-bond donors (Lipinski definition) is 2. The highest BCUT2D eigenvalue weighted by molar-refractivity contribution is 5.65. The number of H-pyrrole nitrogens is 2. The van der Waals surface area contributed by atoms with Crippen LogP contribution in [0.2, 0.25) is 0 Å². The summed E-state index contributed by atoms with van der Waals surface area (Å²) < 4.78 is 6.34. The smallest absolute Gasteiger partial charge is 0.123 e. The molecule has 4 aromatic rings. The van der Waals surface area contributed by atoms with Crippen molar-refractivity contribution >= 4 is 0 Å². The standard InChI is InChI=1S/C25H28N4O/c1-5-18-6-7-19(21-12-26-27-13-21)11-24(18)30-16-17-8-20(22-14-28-29-15-22)10-23(9-17)25(2,3)4/h6-15H,5,16H2,1-4H3,(H,26,27)(H,28,29). The Morgan fingerprint density at radius 1 is 0.833 bits per heavy atom. The van der Waals surface area contributed by atoms with Crippen LogP contribution in [0.1, 0.15) is 44.4 Å². The molecule has 0 spiro atoms. The van der Waals surface area contributed by atoms with Gasteiger partial charge >= 0.3 is 0 Å². The zero-order valence-corrected chi connectivity index (χ0v) is 18.0. The average molecular weight is 401 g/mol. The van der Waals surface area contributed by atoms with E-state index < -0.39 is 0 Å². The van der Waals surface area contributed by atoms with Gasteiger partial charge in [0.05, 0.1) is 12.4 Å². The van der Waals surface area contributed by atoms with Crippen molar-refractivity contribution in [3.63, 3.8) is 0 Å². The van der Waals surface area contributed by atoms with Crippen LogP contribution in [0.3, 0.4) is 0 Å². The number of benzene rings is 2. The summed E-state index contributed by atoms with van der Waals surface area (Å²) in [6.07, 6.45) is 8.43. The Bertz CT molecular complexity index is 1110. The number of aryl methyl sites for hydroxylation is 1. The van der Waals surface area contributed by atoms with Gasteiger partial charge in [-0.05, 0) is 51.8 Å². The summed E-state index contributed by atoms with van der Waals surface area (Å²) in [5.74, 6) is 0.919. The molecule has 0 aliphatic carbocycles. The zero-order chi connectivity index (χ0) is 21.1. The summed E-state index contributed by atoms with van der Waals surface area (Å²) in [4.78, 5) is 0. The molecule has 4 rings (SSSR count). The molecule has 0 bridgehead atoms. The monoisotopic (exact) mass is 400 g/mol. The fourth-order valence-corrected chi connectivity index (χ4v) is 3.51. The van der Waals surface area contributed by atoms with Crippen LogP contribution < -0.4 is 4.74 Å². The first-order valence-corrected chi connectivity index (χ1v) is 10.3. The van der Waals surface area contributed by atoms with Crippen molar-refractivity contribution in [2.45, 2.75) is 46.1 Å². The highest BCUT2D eigenvalue weighted by Crippen LogP contribution is 2.31. The van der Waals surface area contributed by atoms with Gasteiger partial charge in [0.25, 0.3) is 0 Å². The Morgan fingerprint density at radius 3 is 2.13 bits per heavy atom. The van der Waals surface area contributed by atoms with Crippen LogP contribution in [-0.4, -0.2) is 20.4 Å². The molecule has 5 nitrogen and oxygen atoms in total. The molecule has 154 valence electrons. The molecular formula is C25H28N4O. The van der Waals surface area contributed by atoms with Gasteiger partial charge in [0, 0.05) is 23.5 Å². The lowest BCUT2D eigenvalue weighted by Crippen LogP contribution is -2.12. The minimum Gasteiger partial charge on any atom is -0.489 e. The Labute approximate surface area is 177 Å². The second kappa shape index (κ2) is 8.19. The van der Waals surface area contributed by atoms with Crippen molar-refractivity contribution < 1.29 is 4.74 Å². The summed E-state index contributed by atoms with van der Waals surface area (Å²) in [6, 6.07) is 13.0. The van der Waals surface area contributed by atoms with E-state index in [2.05, 4.69) is 84.5 Å². The van der Waals surface area contributed by atoms with Crippen molar-refractivity contribution in [2.24, 2.45) is 0 Å². The maximum Gasteiger partial charge on any atom is 0.123 e. The summed E-state index contributed by atoms with van der Waals surface area (Å²) in [6.45, 7) is 9.36. The van der Waals surface area contributed by atoms with Crippen LogP contribution in [0.5, 0.6) is 5.75 Å². The van der Waals surface area contributed by atoms with Crippen LogP contribution in [-0.2, 0) is 18.4 Å². The Morgan fingerprint density at radius 2 is 1.53 bits per heavy atom. The first-order valence-electron chi connectivity index (χ1n) is 10.3. The lowest BCUT2D eigenvalue weighted by molar-refractivity contribution is 0.303. The van der Waals surface area contributed by atoms with E-state index in [0.717, 1.165) is 40.0 Å². The number of nitrogens with zero attached hydrogens (tertiary/aromatic N) is 2. The molecule has 0 saturated heterocycles. The Hall–Kier alpha value is -3.34. The van der Waals surface area contributed by atoms with E-state index in [9.17, 15) is 0 Å². The van der Waals surface area contributed by atoms with Crippen molar-refractivity contribution in [1.82, 2.24) is 20.4 Å². The maximum absolute atomic E-state index is 6.34. The van der Waals surface area contributed by atoms with E-state index in [-0.39, 0.29) is 5.41 Å². The van der Waals surface area contributed by atoms with Gasteiger partial charge in [-0.25, -0.2) is 0 Å². The third-order valence-corrected chi connectivity index (χ3v) is 5.36. The highest BCUT2D eigenvalue weighted by atomic mass is 16.5. The fraction of sp³-hybridized carbons (Fsp3) is 0.280. The molecule has 0 aliphatic heterocycles. The van der Waals surface area contributed by atoms with Gasteiger partial charge in [0.1, 0.15) is 12.4 Å². The van der Waals surface area contributed by atoms with Gasteiger partial charge in [-0.3, -0.25) is 10.2 Å². The molecule has 0 saturated carbocycles. The van der Waals surface area contributed by atoms with Gasteiger partial charge in [-0.1, -0.05) is 52.0 Å². The molecule has 30 heavy (non-hydrogen) atoms. The molecule has 0 radical (unpaired) electrons. The Balaban J connectivity index is 1.65. The topological polar surface area (TPSA) is 66.6 Å². The van der Waals surface area contributed by atoms with Crippen LogP contribution in [0.25, 0.3) is 22.3 Å². The van der Waals surface area contributed by atoms with Gasteiger partial charge in [0.15, 0.2) is 0 Å². The first kappa shape index (κ1) is 20.0. The molecule has 0 amide bonds. The maximum atomic E-state index is 6.34. The summed E-state index contributed by atoms with van der Waals surface area (Å²) in [5, 5.41) is 13.9. The van der Waals surface area contributed by atoms with E-state index >= 15 is 0 Å². The van der Waals surface area contributed by atoms with Crippen molar-refractivity contribution in [3.8, 4) is 28.0 Å². The molecule has 0 atom stereocenters. The molecule has 2 heterocycles. The average Bonchev–Trinajstić information content (AvgIpc) is 3.45. The van der Waals surface area contributed by atoms with Gasteiger partial charge in [-0.15, -0.1) is 0 Å². The quantitative estimate of drug-likeness (QED) is 0.423. The minimum absolute atomic E-state index is 0.0459. The SMILES string of the molecule is CCc1ccc(-c2cn[nH]c2)cc1OCc1cc(-c2cn[nH]c2)cc(C(C)(C)C)c1. The van der Waals surface area contributed by atoms with Crippen molar-refractivity contribution in [2.75, 3.05) is 0 Å². The predicted octanol–water partition coefficient (Wildman–Crippen LogP) is 5.91. The number of aromatic amines is 2. The molecule has 0 fully saturated rings. The van der Waals surface area contributed by atoms with Crippen molar-refractivity contribution in [3.05, 3.63) is 77.9 Å². The summed E-state index contributed by atoms with van der Waals surface area (Å²) >= 11 is 0. The molecule has 2 aromatic carbocycles. The lowest BCUT2D eigenvalue weighted by Gasteiger charge is -2.21. The third-order valence-electron chi connectivity index (χ3n) is 5.36. The number of ether oxygens (including phenoxy) is 1. The lowest BCUT2D eigenvalue weighted by atomic mass is 9.84. The van der Waals surface area contributed by atoms with E-state index in [1.54, 1.807) is 0 Å². The number of nitrogens with one attached hydrogen (secondary N) is 2. The van der Waals surface area contributed by atoms with Gasteiger partial charge in [0.2, 0.25) is 0 Å². The van der Waals surface area contributed by atoms with Crippen LogP contribution in [0.15, 0.2) is 61.2 Å². The molecule has 0 aliphatic rings. The number of aromatic nitrogens is 4. The summed E-state index contributed by atoms with van der Waals surface area (Å²) in [7, 11) is 0. The zero-order valence-electron chi connectivity index (χ0n) is 18.0. The molecule has 2 aromatic heterocycles. The van der Waals surface area contributed by atoms with Gasteiger partial charge in [-0.2, -0.15) is 10.2 Å². The van der Waals surface area contributed by atoms with Crippen LogP contribution in [0.4, 0.5) is 0 Å². The number of rotatable bonds is 6. The largest absolute Gasteiger partial charge is 0.489 e. The normalized spacial score (nSPS) is 11.6. The molecular weight excluding hydrogens is 372 g/mol. The van der Waals surface area contributed by atoms with E-state index in [4.69, 9.17) is 4.74 Å². The third kappa shape index (κ3) is 4.30. The second-order valence-electron chi connectivity index (χ2n) is 8.61. The molecule has 2 N–H and O–H groups in total. The number of hydrogen-bond acceptors (Lipinski definition) is 3. The van der Waals surface area contributed by atoms with E-state index in [0.29, 0.717) is 6.61 Å². The fourth-order valence-electron chi connectivity index (χ4n) is 3.51. The predicted molar refractivity (Wildman–Crippen MR) is 120 cm³/mol. The molecule has 5 heteroatoms. The van der Waals surface area contributed by atoms with E-state index in [1.807, 2.05) is 24.8 Å². The second-order valence-corrected chi connectivity index (χ2v) is 8.61. The minimum atomic E-state index is 0.0459. The van der Waals surface area contributed by atoms with Gasteiger partial charge < -0.3 is 4.74 Å². The van der Waals surface area contributed by atoms with Crippen molar-refractivity contribution in [1.29, 1.82) is 0 Å². The first-order chi connectivity index (χ1) is 14.4. The molecule has 0 unspecified atom stereocenters. The Kier molecular flexibility index (Phi) is 5.44. The summed E-state index contributed by atoms with van der Waals surface area (Å²) in [5.41, 5.74) is 8.06.